The Hall–Kier alpha value is -0.490. The summed E-state index contributed by atoms with van der Waals surface area (Å²) in [5, 5.41) is 12.5. The number of phenols is 1. The van der Waals surface area contributed by atoms with Crippen molar-refractivity contribution in [2.24, 2.45) is 5.92 Å². The summed E-state index contributed by atoms with van der Waals surface area (Å²) in [6, 6.07) is 4.86. The molecule has 1 aromatic rings. The van der Waals surface area contributed by atoms with Crippen LogP contribution in [0.4, 0.5) is 0 Å². The van der Waals surface area contributed by atoms with E-state index < -0.39 is 0 Å². The minimum absolute atomic E-state index is 0.00853. The first-order valence-corrected chi connectivity index (χ1v) is 7.40. The Bertz CT molecular complexity index is 423. The maximum absolute atomic E-state index is 12.0. The number of aromatic hydroxyl groups is 1. The second-order valence-electron chi connectivity index (χ2n) is 4.62. The average Bonchev–Trinajstić information content (AvgIpc) is 2.30. The van der Waals surface area contributed by atoms with Gasteiger partial charge in [0.15, 0.2) is 0 Å². The van der Waals surface area contributed by atoms with Crippen molar-refractivity contribution in [3.63, 3.8) is 0 Å². The molecule has 0 saturated carbocycles. The Morgan fingerprint density at radius 2 is 2.17 bits per heavy atom. The Balaban J connectivity index is 2.77. The van der Waals surface area contributed by atoms with Crippen LogP contribution in [-0.4, -0.2) is 22.9 Å². The van der Waals surface area contributed by atoms with Gasteiger partial charge in [-0.1, -0.05) is 13.8 Å². The van der Waals surface area contributed by atoms with Crippen LogP contribution in [0.3, 0.4) is 0 Å². The number of halogens is 2. The van der Waals surface area contributed by atoms with Gasteiger partial charge in [0.2, 0.25) is 0 Å². The van der Waals surface area contributed by atoms with Crippen LogP contribution in [0.1, 0.15) is 30.6 Å². The zero-order valence-electron chi connectivity index (χ0n) is 10.4. The molecule has 0 spiro atoms. The standard InChI is InChI=1S/C13H17ClINO2/c1-8(2)5-10(7-14)16-13(18)11-6-9(15)3-4-12(11)17/h3-4,6,8,10,17H,5,7H2,1-2H3,(H,16,18). The van der Waals surface area contributed by atoms with Crippen molar-refractivity contribution in [1.29, 1.82) is 0 Å². The molecule has 5 heteroatoms. The van der Waals surface area contributed by atoms with Gasteiger partial charge in [-0.2, -0.15) is 0 Å². The smallest absolute Gasteiger partial charge is 0.255 e. The number of phenolic OH excluding ortho intramolecular Hbond substituents is 1. The average molecular weight is 382 g/mol. The van der Waals surface area contributed by atoms with Crippen molar-refractivity contribution in [2.75, 3.05) is 5.88 Å². The molecular formula is C13H17ClINO2. The summed E-state index contributed by atoms with van der Waals surface area (Å²) in [7, 11) is 0. The van der Waals surface area contributed by atoms with Gasteiger partial charge in [-0.05, 0) is 53.1 Å². The fourth-order valence-electron chi connectivity index (χ4n) is 1.68. The van der Waals surface area contributed by atoms with Gasteiger partial charge in [-0.15, -0.1) is 11.6 Å². The summed E-state index contributed by atoms with van der Waals surface area (Å²) in [6.07, 6.45) is 0.819. The van der Waals surface area contributed by atoms with E-state index in [4.69, 9.17) is 11.6 Å². The molecular weight excluding hydrogens is 365 g/mol. The molecule has 0 saturated heterocycles. The number of nitrogens with one attached hydrogen (secondary N) is 1. The number of hydrogen-bond acceptors (Lipinski definition) is 2. The summed E-state index contributed by atoms with van der Waals surface area (Å²) < 4.78 is 0.904. The van der Waals surface area contributed by atoms with Crippen LogP contribution in [-0.2, 0) is 0 Å². The van der Waals surface area contributed by atoms with Gasteiger partial charge < -0.3 is 10.4 Å². The van der Waals surface area contributed by atoms with Crippen LogP contribution < -0.4 is 5.32 Å². The SMILES string of the molecule is CC(C)CC(CCl)NC(=O)c1cc(I)ccc1O. The third-order valence-electron chi connectivity index (χ3n) is 2.48. The predicted molar refractivity (Wildman–Crippen MR) is 82.3 cm³/mol. The van der Waals surface area contributed by atoms with Crippen LogP contribution in [0.15, 0.2) is 18.2 Å². The molecule has 1 aromatic carbocycles. The topological polar surface area (TPSA) is 49.3 Å². The molecule has 0 aliphatic heterocycles. The molecule has 0 bridgehead atoms. The van der Waals surface area contributed by atoms with Crippen molar-refractivity contribution in [3.05, 3.63) is 27.3 Å². The van der Waals surface area contributed by atoms with E-state index in [1.54, 1.807) is 12.1 Å². The monoisotopic (exact) mass is 381 g/mol. The van der Waals surface area contributed by atoms with Crippen LogP contribution in [0.25, 0.3) is 0 Å². The minimum atomic E-state index is -0.280. The maximum Gasteiger partial charge on any atom is 0.255 e. The fraction of sp³-hybridized carbons (Fsp3) is 0.462. The first-order chi connectivity index (χ1) is 8.43. The summed E-state index contributed by atoms with van der Waals surface area (Å²) >= 11 is 7.94. The number of carbonyl (C=O) groups excluding carboxylic acids is 1. The van der Waals surface area contributed by atoms with E-state index in [2.05, 4.69) is 41.8 Å². The molecule has 1 rings (SSSR count). The van der Waals surface area contributed by atoms with E-state index >= 15 is 0 Å². The summed E-state index contributed by atoms with van der Waals surface area (Å²) in [6.45, 7) is 4.16. The van der Waals surface area contributed by atoms with Crippen LogP contribution in [0, 0.1) is 9.49 Å². The second kappa shape index (κ2) is 7.19. The summed E-state index contributed by atoms with van der Waals surface area (Å²) in [5.74, 6) is 0.538. The van der Waals surface area contributed by atoms with E-state index in [0.29, 0.717) is 17.4 Å². The van der Waals surface area contributed by atoms with Gasteiger partial charge in [-0.3, -0.25) is 4.79 Å². The molecule has 1 amide bonds. The van der Waals surface area contributed by atoms with Gasteiger partial charge in [0.05, 0.1) is 5.56 Å². The molecule has 0 aliphatic carbocycles. The Labute approximate surface area is 126 Å². The third kappa shape index (κ3) is 4.65. The van der Waals surface area contributed by atoms with Crippen LogP contribution >= 0.6 is 34.2 Å². The Kier molecular flexibility index (Phi) is 6.21. The normalized spacial score (nSPS) is 12.5. The van der Waals surface area contributed by atoms with E-state index in [1.165, 1.54) is 6.07 Å². The zero-order valence-corrected chi connectivity index (χ0v) is 13.3. The van der Waals surface area contributed by atoms with Crippen molar-refractivity contribution >= 4 is 40.1 Å². The lowest BCUT2D eigenvalue weighted by atomic mass is 10.0. The summed E-state index contributed by atoms with van der Waals surface area (Å²) in [5.41, 5.74) is 0.292. The lowest BCUT2D eigenvalue weighted by molar-refractivity contribution is 0.0934. The van der Waals surface area contributed by atoms with Gasteiger partial charge in [-0.25, -0.2) is 0 Å². The molecule has 0 radical (unpaired) electrons. The number of amides is 1. The van der Waals surface area contributed by atoms with Crippen molar-refractivity contribution in [3.8, 4) is 5.75 Å². The minimum Gasteiger partial charge on any atom is -0.507 e. The number of rotatable bonds is 5. The highest BCUT2D eigenvalue weighted by molar-refractivity contribution is 14.1. The molecule has 1 unspecified atom stereocenters. The van der Waals surface area contributed by atoms with E-state index in [-0.39, 0.29) is 17.7 Å². The lowest BCUT2D eigenvalue weighted by Gasteiger charge is -2.18. The fourth-order valence-corrected chi connectivity index (χ4v) is 2.38. The highest BCUT2D eigenvalue weighted by Crippen LogP contribution is 2.20. The van der Waals surface area contributed by atoms with Gasteiger partial charge in [0.1, 0.15) is 5.75 Å². The molecule has 18 heavy (non-hydrogen) atoms. The van der Waals surface area contributed by atoms with E-state index in [9.17, 15) is 9.90 Å². The summed E-state index contributed by atoms with van der Waals surface area (Å²) in [4.78, 5) is 12.0. The molecule has 0 fully saturated rings. The number of alkyl halides is 1. The second-order valence-corrected chi connectivity index (χ2v) is 6.17. The number of carbonyl (C=O) groups is 1. The van der Waals surface area contributed by atoms with Gasteiger partial charge >= 0.3 is 0 Å². The van der Waals surface area contributed by atoms with Crippen LogP contribution in [0.2, 0.25) is 0 Å². The molecule has 100 valence electrons. The van der Waals surface area contributed by atoms with Crippen LogP contribution in [0.5, 0.6) is 5.75 Å². The third-order valence-corrected chi connectivity index (χ3v) is 3.52. The van der Waals surface area contributed by atoms with Gasteiger partial charge in [0, 0.05) is 15.5 Å². The van der Waals surface area contributed by atoms with Crippen molar-refractivity contribution in [2.45, 2.75) is 26.3 Å². The Morgan fingerprint density at radius 1 is 1.50 bits per heavy atom. The molecule has 0 aromatic heterocycles. The largest absolute Gasteiger partial charge is 0.507 e. The molecule has 3 nitrogen and oxygen atoms in total. The maximum atomic E-state index is 12.0. The highest BCUT2D eigenvalue weighted by Gasteiger charge is 2.17. The van der Waals surface area contributed by atoms with Gasteiger partial charge in [0.25, 0.3) is 5.91 Å². The number of benzene rings is 1. The number of hydrogen-bond donors (Lipinski definition) is 2. The highest BCUT2D eigenvalue weighted by atomic mass is 127. The van der Waals surface area contributed by atoms with Crippen molar-refractivity contribution in [1.82, 2.24) is 5.32 Å². The molecule has 0 aliphatic rings. The quantitative estimate of drug-likeness (QED) is 0.607. The first-order valence-electron chi connectivity index (χ1n) is 5.79. The molecule has 2 N–H and O–H groups in total. The Morgan fingerprint density at radius 3 is 2.72 bits per heavy atom. The van der Waals surface area contributed by atoms with Crippen molar-refractivity contribution < 1.29 is 9.90 Å². The van der Waals surface area contributed by atoms with E-state index in [1.807, 2.05) is 0 Å². The zero-order chi connectivity index (χ0) is 13.7. The predicted octanol–water partition coefficient (Wildman–Crippen LogP) is 3.38. The first kappa shape index (κ1) is 15.6. The lowest BCUT2D eigenvalue weighted by Crippen LogP contribution is -2.37. The molecule has 1 atom stereocenters. The molecule has 0 heterocycles. The van der Waals surface area contributed by atoms with E-state index in [0.717, 1.165) is 9.99 Å².